The summed E-state index contributed by atoms with van der Waals surface area (Å²) in [5, 5.41) is 0. The van der Waals surface area contributed by atoms with E-state index >= 15 is 0 Å². The average Bonchev–Trinajstić information content (AvgIpc) is 2.35. The number of rotatable bonds is 4. The van der Waals surface area contributed by atoms with Gasteiger partial charge in [-0.1, -0.05) is 0 Å². The zero-order valence-corrected chi connectivity index (χ0v) is 10.6. The van der Waals surface area contributed by atoms with Crippen molar-refractivity contribution < 1.29 is 36.2 Å². The summed E-state index contributed by atoms with van der Waals surface area (Å²) in [5.41, 5.74) is -2.37. The van der Waals surface area contributed by atoms with Crippen molar-refractivity contribution >= 4 is 17.6 Å². The molecule has 4 nitrogen and oxygen atoms in total. The van der Waals surface area contributed by atoms with E-state index in [1.165, 1.54) is 0 Å². The number of ether oxygens (including phenoxy) is 2. The number of halogens is 6. The van der Waals surface area contributed by atoms with Gasteiger partial charge in [0.25, 0.3) is 6.43 Å². The number of carbonyl (C=O) groups excluding carboxylic acids is 1. The Labute approximate surface area is 114 Å². The van der Waals surface area contributed by atoms with Crippen LogP contribution in [0.15, 0.2) is 6.07 Å². The first-order chi connectivity index (χ1) is 9.19. The predicted octanol–water partition coefficient (Wildman–Crippen LogP) is 3.44. The lowest BCUT2D eigenvalue weighted by Crippen LogP contribution is -2.20. The smallest absolute Gasteiger partial charge is 0.464 e. The van der Waals surface area contributed by atoms with Crippen LogP contribution in [-0.2, 0) is 10.6 Å². The Bertz CT molecular complexity index is 506. The monoisotopic (exact) mass is 319 g/mol. The summed E-state index contributed by atoms with van der Waals surface area (Å²) in [4.78, 5) is 14.3. The number of esters is 1. The van der Waals surface area contributed by atoms with E-state index in [1.54, 1.807) is 0 Å². The van der Waals surface area contributed by atoms with Crippen molar-refractivity contribution in [1.82, 2.24) is 4.98 Å². The molecule has 0 atom stereocenters. The van der Waals surface area contributed by atoms with E-state index in [2.05, 4.69) is 14.5 Å². The molecule has 1 aromatic heterocycles. The van der Waals surface area contributed by atoms with Crippen LogP contribution in [0.3, 0.4) is 0 Å². The SMILES string of the molecule is COC(=O)c1cc(CCl)c(OC(F)(F)F)c(C(F)F)n1. The second-order valence-corrected chi connectivity index (χ2v) is 3.62. The quantitative estimate of drug-likeness (QED) is 0.484. The van der Waals surface area contributed by atoms with Gasteiger partial charge in [0.1, 0.15) is 11.4 Å². The van der Waals surface area contributed by atoms with Crippen LogP contribution in [-0.4, -0.2) is 24.4 Å². The summed E-state index contributed by atoms with van der Waals surface area (Å²) in [7, 11) is 0.965. The third-order valence-corrected chi connectivity index (χ3v) is 2.33. The number of hydrogen-bond acceptors (Lipinski definition) is 4. The topological polar surface area (TPSA) is 48.4 Å². The van der Waals surface area contributed by atoms with Gasteiger partial charge < -0.3 is 9.47 Å². The van der Waals surface area contributed by atoms with Gasteiger partial charge in [0, 0.05) is 5.56 Å². The maximum atomic E-state index is 12.8. The first kappa shape index (κ1) is 16.4. The standard InChI is InChI=1S/C10H7ClF5NO3/c1-19-9(18)5-2-4(3-11)7(20-10(14,15)16)6(17-5)8(12)13/h2,8H,3H2,1H3. The Morgan fingerprint density at radius 2 is 2.05 bits per heavy atom. The first-order valence-corrected chi connectivity index (χ1v) is 5.45. The van der Waals surface area contributed by atoms with E-state index in [-0.39, 0.29) is 0 Å². The van der Waals surface area contributed by atoms with Crippen molar-refractivity contribution in [2.24, 2.45) is 0 Å². The Kier molecular flexibility index (Phi) is 5.09. The van der Waals surface area contributed by atoms with Gasteiger partial charge in [0.2, 0.25) is 0 Å². The minimum atomic E-state index is -5.20. The fraction of sp³-hybridized carbons (Fsp3) is 0.400. The van der Waals surface area contributed by atoms with Gasteiger partial charge in [-0.05, 0) is 6.07 Å². The molecule has 1 aromatic rings. The predicted molar refractivity (Wildman–Crippen MR) is 56.8 cm³/mol. The molecule has 0 saturated heterocycles. The van der Waals surface area contributed by atoms with Crippen molar-refractivity contribution in [3.8, 4) is 5.75 Å². The largest absolute Gasteiger partial charge is 0.573 e. The normalized spacial score (nSPS) is 11.6. The Morgan fingerprint density at radius 3 is 2.45 bits per heavy atom. The molecule has 0 radical (unpaired) electrons. The van der Waals surface area contributed by atoms with Crippen LogP contribution < -0.4 is 4.74 Å². The zero-order valence-electron chi connectivity index (χ0n) is 9.80. The van der Waals surface area contributed by atoms with Crippen molar-refractivity contribution in [3.05, 3.63) is 23.0 Å². The second kappa shape index (κ2) is 6.21. The lowest BCUT2D eigenvalue weighted by molar-refractivity contribution is -0.275. The first-order valence-electron chi connectivity index (χ1n) is 4.91. The van der Waals surface area contributed by atoms with E-state index in [0.29, 0.717) is 0 Å². The van der Waals surface area contributed by atoms with E-state index in [1.807, 2.05) is 0 Å². The molecule has 0 fully saturated rings. The molecule has 20 heavy (non-hydrogen) atoms. The van der Waals surface area contributed by atoms with E-state index in [0.717, 1.165) is 13.2 Å². The van der Waals surface area contributed by atoms with Crippen LogP contribution >= 0.6 is 11.6 Å². The summed E-state index contributed by atoms with van der Waals surface area (Å²) in [6, 6.07) is 0.797. The second-order valence-electron chi connectivity index (χ2n) is 3.35. The van der Waals surface area contributed by atoms with Crippen LogP contribution in [0.2, 0.25) is 0 Å². The van der Waals surface area contributed by atoms with Crippen LogP contribution in [0.1, 0.15) is 28.2 Å². The summed E-state index contributed by atoms with van der Waals surface area (Å²) in [5.74, 6) is -2.88. The van der Waals surface area contributed by atoms with E-state index < -0.39 is 47.3 Å². The van der Waals surface area contributed by atoms with Crippen molar-refractivity contribution in [1.29, 1.82) is 0 Å². The molecule has 0 aromatic carbocycles. The minimum absolute atomic E-state index is 0.449. The summed E-state index contributed by atoms with van der Waals surface area (Å²) in [6.07, 6.45) is -8.59. The van der Waals surface area contributed by atoms with Gasteiger partial charge in [-0.2, -0.15) is 0 Å². The van der Waals surface area contributed by atoms with Crippen molar-refractivity contribution in [3.63, 3.8) is 0 Å². The molecule has 0 aliphatic rings. The third-order valence-electron chi connectivity index (χ3n) is 2.04. The van der Waals surface area contributed by atoms with E-state index in [4.69, 9.17) is 11.6 Å². The fourth-order valence-electron chi connectivity index (χ4n) is 1.30. The number of nitrogens with zero attached hydrogens (tertiary/aromatic N) is 1. The van der Waals surface area contributed by atoms with Crippen molar-refractivity contribution in [2.45, 2.75) is 18.7 Å². The van der Waals surface area contributed by atoms with Crippen LogP contribution in [0, 0.1) is 0 Å². The highest BCUT2D eigenvalue weighted by Gasteiger charge is 2.35. The highest BCUT2D eigenvalue weighted by atomic mass is 35.5. The lowest BCUT2D eigenvalue weighted by Gasteiger charge is -2.16. The Morgan fingerprint density at radius 1 is 1.45 bits per heavy atom. The lowest BCUT2D eigenvalue weighted by atomic mass is 10.2. The molecule has 1 heterocycles. The third kappa shape index (κ3) is 3.92. The van der Waals surface area contributed by atoms with Crippen molar-refractivity contribution in [2.75, 3.05) is 7.11 Å². The van der Waals surface area contributed by atoms with Gasteiger partial charge >= 0.3 is 12.3 Å². The highest BCUT2D eigenvalue weighted by Crippen LogP contribution is 2.36. The molecule has 0 aliphatic heterocycles. The summed E-state index contributed by atoms with van der Waals surface area (Å²) < 4.78 is 69.9. The summed E-state index contributed by atoms with van der Waals surface area (Å²) in [6.45, 7) is 0. The number of carbonyl (C=O) groups is 1. The Balaban J connectivity index is 3.44. The van der Waals surface area contributed by atoms with Gasteiger partial charge in [-0.15, -0.1) is 24.8 Å². The number of aromatic nitrogens is 1. The van der Waals surface area contributed by atoms with Gasteiger partial charge in [-0.25, -0.2) is 18.6 Å². The molecule has 0 saturated carbocycles. The molecular formula is C10H7ClF5NO3. The molecule has 112 valence electrons. The molecule has 0 N–H and O–H groups in total. The fourth-order valence-corrected chi connectivity index (χ4v) is 1.50. The maximum Gasteiger partial charge on any atom is 0.573 e. The summed E-state index contributed by atoms with van der Waals surface area (Å²) >= 11 is 5.39. The Hall–Kier alpha value is -1.64. The molecule has 0 unspecified atom stereocenters. The van der Waals surface area contributed by atoms with Crippen LogP contribution in [0.4, 0.5) is 22.0 Å². The highest BCUT2D eigenvalue weighted by molar-refractivity contribution is 6.17. The van der Waals surface area contributed by atoms with E-state index in [9.17, 15) is 26.7 Å². The van der Waals surface area contributed by atoms with Crippen LogP contribution in [0.5, 0.6) is 5.75 Å². The zero-order chi connectivity index (χ0) is 15.5. The minimum Gasteiger partial charge on any atom is -0.464 e. The number of pyridine rings is 1. The van der Waals surface area contributed by atoms with Crippen LogP contribution in [0.25, 0.3) is 0 Å². The molecule has 0 aliphatic carbocycles. The molecule has 0 amide bonds. The number of alkyl halides is 6. The van der Waals surface area contributed by atoms with Gasteiger partial charge in [0.05, 0.1) is 13.0 Å². The molecular weight excluding hydrogens is 313 g/mol. The molecule has 10 heteroatoms. The number of methoxy groups -OCH3 is 1. The van der Waals surface area contributed by atoms with Gasteiger partial charge in [-0.3, -0.25) is 0 Å². The maximum absolute atomic E-state index is 12.8. The average molecular weight is 320 g/mol. The molecule has 0 spiro atoms. The number of hydrogen-bond donors (Lipinski definition) is 0. The molecule has 1 rings (SSSR count). The molecule has 0 bridgehead atoms. The van der Waals surface area contributed by atoms with Gasteiger partial charge in [0.15, 0.2) is 5.75 Å².